The summed E-state index contributed by atoms with van der Waals surface area (Å²) < 4.78 is 0. The molecule has 5 heteroatoms. The fourth-order valence-electron chi connectivity index (χ4n) is 1.57. The quantitative estimate of drug-likeness (QED) is 0.736. The van der Waals surface area contributed by atoms with Crippen molar-refractivity contribution in [3.63, 3.8) is 0 Å². The Morgan fingerprint density at radius 3 is 2.53 bits per heavy atom. The first kappa shape index (κ1) is 13.1. The Hall–Kier alpha value is -2.01. The van der Waals surface area contributed by atoms with Crippen molar-refractivity contribution in [2.45, 2.75) is 19.4 Å². The molecule has 17 heavy (non-hydrogen) atoms. The highest BCUT2D eigenvalue weighted by Crippen LogP contribution is 2.21. The summed E-state index contributed by atoms with van der Waals surface area (Å²) in [4.78, 5) is 32.6. The first-order valence-corrected chi connectivity index (χ1v) is 4.94. The maximum atomic E-state index is 11.0. The molecule has 0 radical (unpaired) electrons. The lowest BCUT2D eigenvalue weighted by Crippen LogP contribution is -2.14. The molecule has 0 aliphatic carbocycles. The molecule has 0 heterocycles. The fraction of sp³-hybridized carbons (Fsp3) is 0.250. The van der Waals surface area contributed by atoms with Gasteiger partial charge in [-0.1, -0.05) is 18.2 Å². The van der Waals surface area contributed by atoms with Crippen LogP contribution in [-0.4, -0.2) is 28.3 Å². The Labute approximate surface area is 97.7 Å². The van der Waals surface area contributed by atoms with E-state index in [1.165, 1.54) is 19.1 Å². The third kappa shape index (κ3) is 2.98. The summed E-state index contributed by atoms with van der Waals surface area (Å²) in [5.41, 5.74) is 0.495. The molecule has 1 aromatic rings. The predicted molar refractivity (Wildman–Crippen MR) is 58.8 cm³/mol. The van der Waals surface area contributed by atoms with Gasteiger partial charge in [0.1, 0.15) is 5.78 Å². The van der Waals surface area contributed by atoms with Crippen molar-refractivity contribution < 1.29 is 24.6 Å². The number of rotatable bonds is 5. The van der Waals surface area contributed by atoms with Crippen molar-refractivity contribution in [1.29, 1.82) is 0 Å². The molecule has 0 fully saturated rings. The van der Waals surface area contributed by atoms with Crippen LogP contribution in [-0.2, 0) is 16.0 Å². The van der Waals surface area contributed by atoms with E-state index in [9.17, 15) is 19.5 Å². The minimum absolute atomic E-state index is 0.00579. The number of hydrogen-bond acceptors (Lipinski definition) is 4. The van der Waals surface area contributed by atoms with Gasteiger partial charge in [-0.05, 0) is 12.5 Å². The van der Waals surface area contributed by atoms with Crippen LogP contribution in [0.2, 0.25) is 0 Å². The van der Waals surface area contributed by atoms with E-state index in [0.717, 1.165) is 0 Å². The molecule has 1 aromatic carbocycles. The largest absolute Gasteiger partial charge is 0.479 e. The number of aliphatic hydroxyl groups excluding tert-OH is 1. The first-order valence-electron chi connectivity index (χ1n) is 4.94. The lowest BCUT2D eigenvalue weighted by Gasteiger charge is -2.11. The first-order chi connectivity index (χ1) is 7.97. The number of carboxylic acid groups (broad SMARTS) is 1. The van der Waals surface area contributed by atoms with Gasteiger partial charge < -0.3 is 10.2 Å². The number of Topliss-reactive ketones (excluding diaryl/α,β-unsaturated/α-hetero) is 1. The minimum atomic E-state index is -1.76. The fourth-order valence-corrected chi connectivity index (χ4v) is 1.57. The van der Waals surface area contributed by atoms with Gasteiger partial charge in [-0.2, -0.15) is 0 Å². The number of benzene rings is 1. The Bertz CT molecular complexity index is 464. The molecule has 2 N–H and O–H groups in total. The van der Waals surface area contributed by atoms with Gasteiger partial charge >= 0.3 is 5.97 Å². The van der Waals surface area contributed by atoms with Gasteiger partial charge in [0.15, 0.2) is 12.4 Å². The SMILES string of the molecule is CC(=O)Cc1cccc(C(O)C(=O)O)c1C=O. The van der Waals surface area contributed by atoms with Crippen molar-refractivity contribution in [3.8, 4) is 0 Å². The zero-order valence-corrected chi connectivity index (χ0v) is 9.21. The van der Waals surface area contributed by atoms with Crippen molar-refractivity contribution >= 4 is 18.0 Å². The van der Waals surface area contributed by atoms with Crippen LogP contribution in [0.15, 0.2) is 18.2 Å². The molecular formula is C12H12O5. The maximum absolute atomic E-state index is 11.0. The molecule has 0 saturated carbocycles. The zero-order valence-electron chi connectivity index (χ0n) is 9.21. The van der Waals surface area contributed by atoms with Crippen molar-refractivity contribution in [2.75, 3.05) is 0 Å². The Balaban J connectivity index is 3.27. The number of aldehydes is 1. The van der Waals surface area contributed by atoms with E-state index in [1.54, 1.807) is 6.07 Å². The summed E-state index contributed by atoms with van der Waals surface area (Å²) in [5, 5.41) is 18.1. The molecule has 5 nitrogen and oxygen atoms in total. The highest BCUT2D eigenvalue weighted by molar-refractivity contribution is 5.87. The van der Waals surface area contributed by atoms with Crippen LogP contribution >= 0.6 is 0 Å². The lowest BCUT2D eigenvalue weighted by molar-refractivity contribution is -0.146. The number of aliphatic carboxylic acids is 1. The summed E-state index contributed by atoms with van der Waals surface area (Å²) in [6.07, 6.45) is -1.27. The van der Waals surface area contributed by atoms with Gasteiger partial charge in [0, 0.05) is 17.5 Å². The third-order valence-electron chi connectivity index (χ3n) is 2.32. The van der Waals surface area contributed by atoms with Crippen LogP contribution < -0.4 is 0 Å². The van der Waals surface area contributed by atoms with Crippen LogP contribution in [0.5, 0.6) is 0 Å². The molecule has 0 aliphatic heterocycles. The summed E-state index contributed by atoms with van der Waals surface area (Å²) in [7, 11) is 0. The second-order valence-electron chi connectivity index (χ2n) is 3.66. The van der Waals surface area contributed by atoms with E-state index in [1.807, 2.05) is 0 Å². The highest BCUT2D eigenvalue weighted by atomic mass is 16.4. The lowest BCUT2D eigenvalue weighted by atomic mass is 9.95. The summed E-state index contributed by atoms with van der Waals surface area (Å²) >= 11 is 0. The monoisotopic (exact) mass is 236 g/mol. The molecule has 0 spiro atoms. The minimum Gasteiger partial charge on any atom is -0.479 e. The highest BCUT2D eigenvalue weighted by Gasteiger charge is 2.21. The smallest absolute Gasteiger partial charge is 0.337 e. The third-order valence-corrected chi connectivity index (χ3v) is 2.32. The number of carbonyl (C=O) groups is 3. The van der Waals surface area contributed by atoms with Crippen LogP contribution in [0.1, 0.15) is 34.5 Å². The van der Waals surface area contributed by atoms with Crippen molar-refractivity contribution in [2.24, 2.45) is 0 Å². The van der Waals surface area contributed by atoms with E-state index in [4.69, 9.17) is 5.11 Å². The molecule has 0 aromatic heterocycles. The van der Waals surface area contributed by atoms with Gasteiger partial charge in [0.25, 0.3) is 0 Å². The van der Waals surface area contributed by atoms with Crippen LogP contribution in [0.3, 0.4) is 0 Å². The Morgan fingerprint density at radius 1 is 1.41 bits per heavy atom. The normalized spacial score (nSPS) is 11.9. The number of ketones is 1. The Morgan fingerprint density at radius 2 is 2.06 bits per heavy atom. The molecule has 1 rings (SSSR count). The van der Waals surface area contributed by atoms with E-state index < -0.39 is 12.1 Å². The van der Waals surface area contributed by atoms with E-state index in [0.29, 0.717) is 11.8 Å². The number of carbonyl (C=O) groups excluding carboxylic acids is 2. The Kier molecular flexibility index (Phi) is 4.12. The number of hydrogen-bond donors (Lipinski definition) is 2. The van der Waals surface area contributed by atoms with E-state index in [-0.39, 0.29) is 23.3 Å². The van der Waals surface area contributed by atoms with Gasteiger partial charge in [0.05, 0.1) is 0 Å². The molecule has 0 bridgehead atoms. The van der Waals surface area contributed by atoms with Gasteiger partial charge in [-0.15, -0.1) is 0 Å². The number of carboxylic acids is 1. The molecule has 1 unspecified atom stereocenters. The van der Waals surface area contributed by atoms with Crippen LogP contribution in [0, 0.1) is 0 Å². The molecule has 0 amide bonds. The summed E-state index contributed by atoms with van der Waals surface area (Å²) in [5.74, 6) is -1.58. The predicted octanol–water partition coefficient (Wildman–Crippen LogP) is 0.749. The van der Waals surface area contributed by atoms with E-state index >= 15 is 0 Å². The average Bonchev–Trinajstić information content (AvgIpc) is 2.26. The van der Waals surface area contributed by atoms with Gasteiger partial charge in [-0.3, -0.25) is 9.59 Å². The second-order valence-corrected chi connectivity index (χ2v) is 3.66. The van der Waals surface area contributed by atoms with Crippen LogP contribution in [0.4, 0.5) is 0 Å². The summed E-state index contributed by atoms with van der Waals surface area (Å²) in [6, 6.07) is 4.42. The second kappa shape index (κ2) is 5.36. The molecule has 1 atom stereocenters. The molecule has 0 aliphatic rings. The summed E-state index contributed by atoms with van der Waals surface area (Å²) in [6.45, 7) is 1.37. The van der Waals surface area contributed by atoms with Crippen molar-refractivity contribution in [3.05, 3.63) is 34.9 Å². The molecular weight excluding hydrogens is 224 g/mol. The topological polar surface area (TPSA) is 91.7 Å². The van der Waals surface area contributed by atoms with Crippen LogP contribution in [0.25, 0.3) is 0 Å². The number of aliphatic hydroxyl groups is 1. The zero-order chi connectivity index (χ0) is 13.0. The maximum Gasteiger partial charge on any atom is 0.337 e. The molecule has 90 valence electrons. The van der Waals surface area contributed by atoms with Gasteiger partial charge in [-0.25, -0.2) is 4.79 Å². The van der Waals surface area contributed by atoms with Crippen molar-refractivity contribution in [1.82, 2.24) is 0 Å². The standard InChI is InChI=1S/C12H12O5/c1-7(14)5-8-3-2-4-9(10(8)6-13)11(15)12(16)17/h2-4,6,11,15H,5H2,1H3,(H,16,17). The van der Waals surface area contributed by atoms with Gasteiger partial charge in [0.2, 0.25) is 0 Å². The molecule has 0 saturated heterocycles. The van der Waals surface area contributed by atoms with E-state index in [2.05, 4.69) is 0 Å². The average molecular weight is 236 g/mol.